The number of aromatic nitrogens is 2. The number of rotatable bonds is 2. The summed E-state index contributed by atoms with van der Waals surface area (Å²) >= 11 is 5.93. The van der Waals surface area contributed by atoms with Crippen molar-refractivity contribution in [2.24, 2.45) is 11.7 Å². The van der Waals surface area contributed by atoms with E-state index in [4.69, 9.17) is 17.3 Å². The predicted octanol–water partition coefficient (Wildman–Crippen LogP) is 1.61. The minimum Gasteiger partial charge on any atom is -0.327 e. The van der Waals surface area contributed by atoms with Crippen LogP contribution in [0, 0.1) is 12.8 Å². The zero-order valence-corrected chi connectivity index (χ0v) is 11.1. The molecule has 0 saturated carbocycles. The molecule has 1 fully saturated rings. The Hall–Kier alpha value is -0.710. The number of aryl methyl sites for hydroxylation is 1. The minimum atomic E-state index is 0.327. The molecule has 0 amide bonds. The highest BCUT2D eigenvalue weighted by atomic mass is 35.5. The first kappa shape index (κ1) is 12.7. The van der Waals surface area contributed by atoms with E-state index in [9.17, 15) is 0 Å². The maximum absolute atomic E-state index is 6.00. The largest absolute Gasteiger partial charge is 0.327 e. The summed E-state index contributed by atoms with van der Waals surface area (Å²) in [6, 6.07) is 2.10. The van der Waals surface area contributed by atoms with E-state index in [1.165, 1.54) is 0 Å². The van der Waals surface area contributed by atoms with Crippen LogP contribution in [0.2, 0.25) is 5.15 Å². The molecule has 2 unspecified atom stereocenters. The van der Waals surface area contributed by atoms with Crippen LogP contribution in [0.15, 0.2) is 6.07 Å². The van der Waals surface area contributed by atoms with E-state index in [1.807, 2.05) is 6.92 Å². The second-order valence-electron chi connectivity index (χ2n) is 4.91. The molecule has 2 heterocycles. The molecule has 0 bridgehead atoms. The summed E-state index contributed by atoms with van der Waals surface area (Å²) in [5.41, 5.74) is 6.92. The average molecular weight is 255 g/mol. The number of halogens is 1. The topological polar surface area (TPSA) is 55.0 Å². The lowest BCUT2D eigenvalue weighted by Crippen LogP contribution is -2.45. The molecule has 1 aromatic heterocycles. The molecule has 2 atom stereocenters. The zero-order chi connectivity index (χ0) is 12.4. The van der Waals surface area contributed by atoms with Crippen LogP contribution in [0.3, 0.4) is 0 Å². The van der Waals surface area contributed by atoms with Gasteiger partial charge < -0.3 is 5.73 Å². The fraction of sp³-hybridized carbons (Fsp3) is 0.667. The third-order valence-electron chi connectivity index (χ3n) is 3.29. The van der Waals surface area contributed by atoms with Gasteiger partial charge in [-0.05, 0) is 25.3 Å². The molecule has 17 heavy (non-hydrogen) atoms. The van der Waals surface area contributed by atoms with Crippen molar-refractivity contribution in [2.75, 3.05) is 13.1 Å². The maximum Gasteiger partial charge on any atom is 0.144 e. The Morgan fingerprint density at radius 2 is 2.29 bits per heavy atom. The van der Waals surface area contributed by atoms with E-state index in [0.29, 0.717) is 17.1 Å². The molecule has 94 valence electrons. The van der Waals surface area contributed by atoms with Crippen molar-refractivity contribution in [1.82, 2.24) is 14.9 Å². The lowest BCUT2D eigenvalue weighted by Gasteiger charge is -2.34. The molecule has 0 aliphatic carbocycles. The Kier molecular flexibility index (Phi) is 3.97. The van der Waals surface area contributed by atoms with Gasteiger partial charge in [0.2, 0.25) is 0 Å². The van der Waals surface area contributed by atoms with Crippen LogP contribution < -0.4 is 5.73 Å². The van der Waals surface area contributed by atoms with Gasteiger partial charge in [0.05, 0.1) is 6.54 Å². The first-order valence-corrected chi connectivity index (χ1v) is 6.40. The molecule has 2 rings (SSSR count). The predicted molar refractivity (Wildman–Crippen MR) is 68.8 cm³/mol. The van der Waals surface area contributed by atoms with Gasteiger partial charge in [-0.15, -0.1) is 0 Å². The fourth-order valence-electron chi connectivity index (χ4n) is 2.25. The highest BCUT2D eigenvalue weighted by molar-refractivity contribution is 6.29. The van der Waals surface area contributed by atoms with Crippen LogP contribution in [0.5, 0.6) is 0 Å². The van der Waals surface area contributed by atoms with Crippen LogP contribution in [-0.2, 0) is 6.54 Å². The number of hydrogen-bond donors (Lipinski definition) is 1. The smallest absolute Gasteiger partial charge is 0.144 e. The second kappa shape index (κ2) is 5.29. The standard InChI is InChI=1S/C12H19ClN4/c1-8-6-17(4-3-10(8)14)7-12-15-9(2)5-11(13)16-12/h5,8,10H,3-4,6-7,14H2,1-2H3. The first-order valence-electron chi connectivity index (χ1n) is 6.02. The summed E-state index contributed by atoms with van der Waals surface area (Å²) in [5, 5.41) is 0.522. The fourth-order valence-corrected chi connectivity index (χ4v) is 2.51. The Morgan fingerprint density at radius 1 is 1.53 bits per heavy atom. The van der Waals surface area contributed by atoms with Gasteiger partial charge in [0.25, 0.3) is 0 Å². The number of nitrogens with zero attached hydrogens (tertiary/aromatic N) is 3. The van der Waals surface area contributed by atoms with Crippen LogP contribution in [-0.4, -0.2) is 34.0 Å². The number of nitrogens with two attached hydrogens (primary N) is 1. The number of likely N-dealkylation sites (tertiary alicyclic amines) is 1. The molecule has 0 radical (unpaired) electrons. The van der Waals surface area contributed by atoms with Crippen molar-refractivity contribution >= 4 is 11.6 Å². The molecule has 0 spiro atoms. The van der Waals surface area contributed by atoms with E-state index in [1.54, 1.807) is 6.07 Å². The summed E-state index contributed by atoms with van der Waals surface area (Å²) in [6.07, 6.45) is 1.04. The summed E-state index contributed by atoms with van der Waals surface area (Å²) in [6.45, 7) is 6.92. The van der Waals surface area contributed by atoms with Crippen LogP contribution >= 0.6 is 11.6 Å². The van der Waals surface area contributed by atoms with Crippen LogP contribution in [0.1, 0.15) is 24.9 Å². The third kappa shape index (κ3) is 3.37. The van der Waals surface area contributed by atoms with E-state index < -0.39 is 0 Å². The van der Waals surface area contributed by atoms with Gasteiger partial charge in [0.1, 0.15) is 11.0 Å². The first-order chi connectivity index (χ1) is 8.04. The molecule has 1 aliphatic heterocycles. The SMILES string of the molecule is Cc1cc(Cl)nc(CN2CCC(N)C(C)C2)n1. The normalized spacial score (nSPS) is 26.1. The van der Waals surface area contributed by atoms with E-state index >= 15 is 0 Å². The van der Waals surface area contributed by atoms with Crippen LogP contribution in [0.4, 0.5) is 0 Å². The molecule has 0 aromatic carbocycles. The van der Waals surface area contributed by atoms with Gasteiger partial charge in [-0.25, -0.2) is 9.97 Å². The molecule has 5 heteroatoms. The van der Waals surface area contributed by atoms with Crippen LogP contribution in [0.25, 0.3) is 0 Å². The molecule has 4 nitrogen and oxygen atoms in total. The van der Waals surface area contributed by atoms with Gasteiger partial charge in [0.15, 0.2) is 0 Å². The maximum atomic E-state index is 6.00. The van der Waals surface area contributed by atoms with Gasteiger partial charge in [-0.2, -0.15) is 0 Å². The number of piperidine rings is 1. The van der Waals surface area contributed by atoms with Gasteiger partial charge in [-0.1, -0.05) is 18.5 Å². The molecular formula is C12H19ClN4. The molecule has 1 saturated heterocycles. The van der Waals surface area contributed by atoms with Crippen molar-refractivity contribution in [1.29, 1.82) is 0 Å². The molecular weight excluding hydrogens is 236 g/mol. The Morgan fingerprint density at radius 3 is 2.94 bits per heavy atom. The molecule has 1 aliphatic rings. The quantitative estimate of drug-likeness (QED) is 0.815. The summed E-state index contributed by atoms with van der Waals surface area (Å²) in [4.78, 5) is 11.0. The highest BCUT2D eigenvalue weighted by Gasteiger charge is 2.23. The minimum absolute atomic E-state index is 0.327. The average Bonchev–Trinajstić information content (AvgIpc) is 2.22. The van der Waals surface area contributed by atoms with E-state index in [0.717, 1.165) is 37.6 Å². The van der Waals surface area contributed by atoms with E-state index in [2.05, 4.69) is 21.8 Å². The molecule has 2 N–H and O–H groups in total. The van der Waals surface area contributed by atoms with E-state index in [-0.39, 0.29) is 0 Å². The highest BCUT2D eigenvalue weighted by Crippen LogP contribution is 2.17. The van der Waals surface area contributed by atoms with Crippen molar-refractivity contribution in [3.8, 4) is 0 Å². The van der Waals surface area contributed by atoms with Crippen molar-refractivity contribution < 1.29 is 0 Å². The lowest BCUT2D eigenvalue weighted by molar-refractivity contribution is 0.154. The zero-order valence-electron chi connectivity index (χ0n) is 10.4. The van der Waals surface area contributed by atoms with Gasteiger partial charge in [0, 0.05) is 24.8 Å². The lowest BCUT2D eigenvalue weighted by atomic mass is 9.95. The monoisotopic (exact) mass is 254 g/mol. The van der Waals surface area contributed by atoms with Crippen molar-refractivity contribution in [3.05, 3.63) is 22.7 Å². The van der Waals surface area contributed by atoms with Crippen molar-refractivity contribution in [3.63, 3.8) is 0 Å². The summed E-state index contributed by atoms with van der Waals surface area (Å²) in [7, 11) is 0. The summed E-state index contributed by atoms with van der Waals surface area (Å²) in [5.74, 6) is 1.33. The Labute approximate surface area is 107 Å². The Bertz CT molecular complexity index is 376. The summed E-state index contributed by atoms with van der Waals surface area (Å²) < 4.78 is 0. The van der Waals surface area contributed by atoms with Gasteiger partial charge in [-0.3, -0.25) is 4.90 Å². The molecule has 1 aromatic rings. The Balaban J connectivity index is 2.01. The second-order valence-corrected chi connectivity index (χ2v) is 5.30. The third-order valence-corrected chi connectivity index (χ3v) is 3.48. The van der Waals surface area contributed by atoms with Gasteiger partial charge >= 0.3 is 0 Å². The number of hydrogen-bond acceptors (Lipinski definition) is 4. The van der Waals surface area contributed by atoms with Crippen molar-refractivity contribution in [2.45, 2.75) is 32.9 Å².